The number of aromatic nitrogens is 3. The molecule has 0 saturated heterocycles. The first-order chi connectivity index (χ1) is 15.2. The van der Waals surface area contributed by atoms with Crippen molar-refractivity contribution in [2.24, 2.45) is 5.18 Å². The number of Topliss-reactive ketones (excluding diaryl/α,β-unsaturated/α-hetero) is 1. The van der Waals surface area contributed by atoms with Crippen molar-refractivity contribution < 1.29 is 22.8 Å². The molecule has 0 spiro atoms. The Bertz CT molecular complexity index is 1110. The van der Waals surface area contributed by atoms with E-state index in [0.29, 0.717) is 11.9 Å². The number of nitrogens with one attached hydrogen (secondary N) is 1. The van der Waals surface area contributed by atoms with Gasteiger partial charge in [-0.05, 0) is 37.1 Å². The van der Waals surface area contributed by atoms with E-state index in [9.17, 15) is 27.7 Å². The van der Waals surface area contributed by atoms with Gasteiger partial charge >= 0.3 is 6.18 Å². The molecule has 1 aromatic carbocycles. The molecular formula is C21H18F3N5O3. The Morgan fingerprint density at radius 3 is 2.47 bits per heavy atom. The Morgan fingerprint density at radius 1 is 1.16 bits per heavy atom. The second-order valence-electron chi connectivity index (χ2n) is 6.95. The fourth-order valence-corrected chi connectivity index (χ4v) is 3.02. The minimum atomic E-state index is -4.55. The molecule has 32 heavy (non-hydrogen) atoms. The van der Waals surface area contributed by atoms with E-state index >= 15 is 0 Å². The van der Waals surface area contributed by atoms with E-state index < -0.39 is 36.0 Å². The number of carbonyl (C=O) groups excluding carboxylic acids is 2. The topological polar surface area (TPSA) is 106 Å². The van der Waals surface area contributed by atoms with E-state index in [-0.39, 0.29) is 17.9 Å². The summed E-state index contributed by atoms with van der Waals surface area (Å²) in [6, 6.07) is 11.2. The van der Waals surface area contributed by atoms with E-state index in [0.717, 1.165) is 22.4 Å². The van der Waals surface area contributed by atoms with Crippen LogP contribution in [-0.4, -0.2) is 39.0 Å². The lowest BCUT2D eigenvalue weighted by Crippen LogP contribution is -2.44. The monoisotopic (exact) mass is 445 g/mol. The van der Waals surface area contributed by atoms with Gasteiger partial charge in [0.05, 0.1) is 17.3 Å². The van der Waals surface area contributed by atoms with Gasteiger partial charge in [-0.15, -0.1) is 0 Å². The Labute approximate surface area is 180 Å². The molecule has 0 saturated carbocycles. The molecule has 0 aliphatic carbocycles. The number of pyridine rings is 1. The van der Waals surface area contributed by atoms with Crippen molar-refractivity contribution in [1.29, 1.82) is 0 Å². The van der Waals surface area contributed by atoms with Crippen molar-refractivity contribution in [1.82, 2.24) is 20.1 Å². The summed E-state index contributed by atoms with van der Waals surface area (Å²) in [6.45, 7) is 0.983. The minimum Gasteiger partial charge on any atom is -0.340 e. The van der Waals surface area contributed by atoms with Gasteiger partial charge in [-0.1, -0.05) is 35.5 Å². The molecule has 1 unspecified atom stereocenters. The van der Waals surface area contributed by atoms with Crippen LogP contribution in [-0.2, 0) is 17.4 Å². The van der Waals surface area contributed by atoms with Gasteiger partial charge in [0.1, 0.15) is 12.2 Å². The van der Waals surface area contributed by atoms with Crippen molar-refractivity contribution >= 4 is 11.7 Å². The molecule has 1 N–H and O–H groups in total. The van der Waals surface area contributed by atoms with Crippen LogP contribution in [0.5, 0.6) is 0 Å². The number of rotatable bonds is 8. The summed E-state index contributed by atoms with van der Waals surface area (Å²) < 4.78 is 39.5. The summed E-state index contributed by atoms with van der Waals surface area (Å²) in [5.74, 6) is -1.28. The lowest BCUT2D eigenvalue weighted by Gasteiger charge is -2.17. The van der Waals surface area contributed by atoms with Gasteiger partial charge < -0.3 is 5.32 Å². The minimum absolute atomic E-state index is 0.00301. The molecule has 2 aromatic heterocycles. The molecule has 2 heterocycles. The van der Waals surface area contributed by atoms with Crippen LogP contribution in [0.1, 0.15) is 27.3 Å². The van der Waals surface area contributed by atoms with E-state index in [1.165, 1.54) is 6.07 Å². The molecule has 0 fully saturated rings. The van der Waals surface area contributed by atoms with E-state index in [1.807, 2.05) is 0 Å². The second-order valence-corrected chi connectivity index (χ2v) is 6.95. The number of halogens is 3. The SMILES string of the molecule is Cc1cc(C(=O)NC(Cc2ccccc2)C(=O)CN=O)n(-c2ccc(C(F)(F)F)cn2)n1. The van der Waals surface area contributed by atoms with Gasteiger partial charge in [-0.25, -0.2) is 9.67 Å². The first kappa shape index (κ1) is 22.8. The maximum Gasteiger partial charge on any atom is 0.417 e. The fraction of sp³-hybridized carbons (Fsp3) is 0.238. The highest BCUT2D eigenvalue weighted by atomic mass is 19.4. The third kappa shape index (κ3) is 5.42. The van der Waals surface area contributed by atoms with Crippen molar-refractivity contribution in [2.45, 2.75) is 25.6 Å². The average molecular weight is 445 g/mol. The van der Waals surface area contributed by atoms with Crippen LogP contribution in [0.15, 0.2) is 59.9 Å². The van der Waals surface area contributed by atoms with Gasteiger partial charge in [0.25, 0.3) is 5.91 Å². The molecule has 1 atom stereocenters. The summed E-state index contributed by atoms with van der Waals surface area (Å²) in [6.07, 6.45) is -3.78. The number of amides is 1. The second kappa shape index (κ2) is 9.50. The van der Waals surface area contributed by atoms with Crippen LogP contribution in [0.2, 0.25) is 0 Å². The number of nitroso groups, excluding NO2 is 1. The Kier molecular flexibility index (Phi) is 6.76. The number of aryl methyl sites for hydroxylation is 1. The molecular weight excluding hydrogens is 427 g/mol. The number of hydrogen-bond donors (Lipinski definition) is 1. The number of nitrogens with zero attached hydrogens (tertiary/aromatic N) is 4. The highest BCUT2D eigenvalue weighted by Crippen LogP contribution is 2.28. The number of carbonyl (C=O) groups is 2. The lowest BCUT2D eigenvalue weighted by molar-refractivity contribution is -0.137. The molecule has 0 radical (unpaired) electrons. The van der Waals surface area contributed by atoms with Gasteiger partial charge in [-0.2, -0.15) is 23.2 Å². The van der Waals surface area contributed by atoms with Crippen LogP contribution in [0.25, 0.3) is 5.82 Å². The number of alkyl halides is 3. The summed E-state index contributed by atoms with van der Waals surface area (Å²) in [5, 5.41) is 9.30. The fourth-order valence-electron chi connectivity index (χ4n) is 3.02. The molecule has 8 nitrogen and oxygen atoms in total. The predicted octanol–water partition coefficient (Wildman–Crippen LogP) is 3.27. The smallest absolute Gasteiger partial charge is 0.340 e. The molecule has 11 heteroatoms. The summed E-state index contributed by atoms with van der Waals surface area (Å²) in [7, 11) is 0. The first-order valence-corrected chi connectivity index (χ1v) is 9.46. The third-order valence-corrected chi connectivity index (χ3v) is 4.55. The zero-order valence-corrected chi connectivity index (χ0v) is 16.8. The van der Waals surface area contributed by atoms with Crippen molar-refractivity contribution in [3.63, 3.8) is 0 Å². The zero-order chi connectivity index (χ0) is 23.3. The Hall–Kier alpha value is -3.89. The molecule has 0 bridgehead atoms. The van der Waals surface area contributed by atoms with Gasteiger partial charge in [-0.3, -0.25) is 9.59 Å². The van der Waals surface area contributed by atoms with E-state index in [1.54, 1.807) is 37.3 Å². The van der Waals surface area contributed by atoms with Crippen molar-refractivity contribution in [2.75, 3.05) is 6.54 Å². The number of hydrogen-bond acceptors (Lipinski definition) is 6. The molecule has 3 aromatic rings. The highest BCUT2D eigenvalue weighted by Gasteiger charge is 2.31. The van der Waals surface area contributed by atoms with Gasteiger partial charge in [0, 0.05) is 6.20 Å². The van der Waals surface area contributed by atoms with Crippen LogP contribution < -0.4 is 5.32 Å². The molecule has 166 valence electrons. The average Bonchev–Trinajstić information content (AvgIpc) is 3.15. The zero-order valence-electron chi connectivity index (χ0n) is 16.8. The predicted molar refractivity (Wildman–Crippen MR) is 108 cm³/mol. The molecule has 1 amide bonds. The number of benzene rings is 1. The standard InChI is InChI=1S/C21H18F3N5O3/c1-13-9-17(29(28-13)19-8-7-15(11-25-19)21(22,23)24)20(31)27-16(18(30)12-26-32)10-14-5-3-2-4-6-14/h2-9,11,16H,10,12H2,1H3,(H,27,31). The van der Waals surface area contributed by atoms with Crippen LogP contribution in [0.4, 0.5) is 13.2 Å². The van der Waals surface area contributed by atoms with Crippen LogP contribution >= 0.6 is 0 Å². The largest absolute Gasteiger partial charge is 0.417 e. The van der Waals surface area contributed by atoms with Crippen molar-refractivity contribution in [3.05, 3.63) is 82.1 Å². The van der Waals surface area contributed by atoms with Gasteiger partial charge in [0.2, 0.25) is 0 Å². The van der Waals surface area contributed by atoms with E-state index in [2.05, 4.69) is 20.6 Å². The van der Waals surface area contributed by atoms with Gasteiger partial charge in [0.15, 0.2) is 11.6 Å². The molecule has 0 aliphatic heterocycles. The lowest BCUT2D eigenvalue weighted by atomic mass is 10.0. The highest BCUT2D eigenvalue weighted by molar-refractivity contribution is 5.97. The Balaban J connectivity index is 1.87. The number of ketones is 1. The summed E-state index contributed by atoms with van der Waals surface area (Å²) >= 11 is 0. The normalized spacial score (nSPS) is 12.2. The maximum atomic E-state index is 12.9. The summed E-state index contributed by atoms with van der Waals surface area (Å²) in [4.78, 5) is 39.6. The summed E-state index contributed by atoms with van der Waals surface area (Å²) in [5.41, 5.74) is 0.203. The Morgan fingerprint density at radius 2 is 1.88 bits per heavy atom. The maximum absolute atomic E-state index is 12.9. The van der Waals surface area contributed by atoms with Crippen molar-refractivity contribution in [3.8, 4) is 5.82 Å². The van der Waals surface area contributed by atoms with E-state index in [4.69, 9.17) is 0 Å². The quantitative estimate of drug-likeness (QED) is 0.536. The first-order valence-electron chi connectivity index (χ1n) is 9.46. The van der Waals surface area contributed by atoms with Crippen LogP contribution in [0.3, 0.4) is 0 Å². The molecule has 3 rings (SSSR count). The van der Waals surface area contributed by atoms with Crippen LogP contribution in [0, 0.1) is 11.8 Å². The third-order valence-electron chi connectivity index (χ3n) is 4.55. The molecule has 0 aliphatic rings.